The highest BCUT2D eigenvalue weighted by Crippen LogP contribution is 2.28. The molecule has 6 heteroatoms. The van der Waals surface area contributed by atoms with Crippen molar-refractivity contribution < 1.29 is 8.42 Å². The summed E-state index contributed by atoms with van der Waals surface area (Å²) in [5, 5.41) is 0.705. The lowest BCUT2D eigenvalue weighted by molar-refractivity contribution is 0.397. The lowest BCUT2D eigenvalue weighted by Crippen LogP contribution is -2.21. The number of anilines is 2. The second kappa shape index (κ2) is 5.52. The van der Waals surface area contributed by atoms with Crippen molar-refractivity contribution in [3.63, 3.8) is 0 Å². The van der Waals surface area contributed by atoms with Gasteiger partial charge in [0.2, 0.25) is 10.0 Å². The predicted octanol–water partition coefficient (Wildman–Crippen LogP) is 2.99. The number of sulfonamides is 1. The van der Waals surface area contributed by atoms with Crippen LogP contribution in [0.4, 0.5) is 11.4 Å². The molecule has 0 amide bonds. The summed E-state index contributed by atoms with van der Waals surface area (Å²) in [7, 11) is -3.39. The first-order chi connectivity index (χ1) is 9.68. The molecular formula is C15H21N3O2S. The van der Waals surface area contributed by atoms with E-state index in [1.54, 1.807) is 30.5 Å². The average molecular weight is 307 g/mol. The smallest absolute Gasteiger partial charge is 0.232 e. The fraction of sp³-hybridized carbons (Fsp3) is 0.400. The van der Waals surface area contributed by atoms with Crippen LogP contribution in [0.1, 0.15) is 27.2 Å². The van der Waals surface area contributed by atoms with Gasteiger partial charge in [0.05, 0.1) is 22.6 Å². The van der Waals surface area contributed by atoms with E-state index in [-0.39, 0.29) is 11.2 Å². The van der Waals surface area contributed by atoms with Gasteiger partial charge in [-0.25, -0.2) is 8.42 Å². The van der Waals surface area contributed by atoms with Gasteiger partial charge in [-0.3, -0.25) is 9.71 Å². The van der Waals surface area contributed by atoms with Crippen LogP contribution in [0.3, 0.4) is 0 Å². The van der Waals surface area contributed by atoms with Gasteiger partial charge in [-0.2, -0.15) is 0 Å². The Morgan fingerprint density at radius 3 is 2.62 bits per heavy atom. The molecule has 1 heterocycles. The third-order valence-electron chi connectivity index (χ3n) is 3.19. The zero-order valence-corrected chi connectivity index (χ0v) is 13.4. The number of aromatic nitrogens is 1. The second-order valence-corrected chi connectivity index (χ2v) is 8.18. The highest BCUT2D eigenvalue weighted by molar-refractivity contribution is 7.92. The molecule has 5 nitrogen and oxygen atoms in total. The van der Waals surface area contributed by atoms with Gasteiger partial charge in [-0.15, -0.1) is 0 Å². The van der Waals surface area contributed by atoms with E-state index < -0.39 is 10.0 Å². The number of nitrogens with two attached hydrogens (primary N) is 1. The largest absolute Gasteiger partial charge is 0.397 e. The van der Waals surface area contributed by atoms with Crippen LogP contribution < -0.4 is 10.5 Å². The Morgan fingerprint density at radius 1 is 1.24 bits per heavy atom. The van der Waals surface area contributed by atoms with Crippen LogP contribution >= 0.6 is 0 Å². The summed E-state index contributed by atoms with van der Waals surface area (Å²) in [6, 6.07) is 6.90. The van der Waals surface area contributed by atoms with Crippen molar-refractivity contribution in [2.75, 3.05) is 16.2 Å². The standard InChI is InChI=1S/C15H21N3O2S/c1-15(2,3)8-10-21(19,20)18-13-7-6-12(16)14-11(13)5-4-9-17-14/h4-7,9,18H,8,10,16H2,1-3H3. The third kappa shape index (κ3) is 4.07. The van der Waals surface area contributed by atoms with Crippen LogP contribution in [-0.2, 0) is 10.0 Å². The number of nitrogen functional groups attached to an aromatic ring is 1. The Hall–Kier alpha value is -1.82. The van der Waals surface area contributed by atoms with Crippen molar-refractivity contribution in [1.82, 2.24) is 4.98 Å². The lowest BCUT2D eigenvalue weighted by Gasteiger charge is -2.18. The van der Waals surface area contributed by atoms with Gasteiger partial charge in [0.15, 0.2) is 0 Å². The minimum absolute atomic E-state index is 0.0283. The Morgan fingerprint density at radius 2 is 1.95 bits per heavy atom. The van der Waals surface area contributed by atoms with Gasteiger partial charge in [-0.05, 0) is 36.1 Å². The molecule has 0 atom stereocenters. The number of fused-ring (bicyclic) bond motifs is 1. The maximum absolute atomic E-state index is 12.2. The van der Waals surface area contributed by atoms with Gasteiger partial charge in [-0.1, -0.05) is 20.8 Å². The SMILES string of the molecule is CC(C)(C)CCS(=O)(=O)Nc1ccc(N)c2ncccc12. The molecular weight excluding hydrogens is 286 g/mol. The van der Waals surface area contributed by atoms with Crippen LogP contribution in [0.2, 0.25) is 0 Å². The molecule has 0 radical (unpaired) electrons. The minimum atomic E-state index is -3.39. The molecule has 0 saturated heterocycles. The van der Waals surface area contributed by atoms with Crippen LogP contribution in [0.15, 0.2) is 30.5 Å². The number of nitrogens with zero attached hydrogens (tertiary/aromatic N) is 1. The summed E-state index contributed by atoms with van der Waals surface area (Å²) < 4.78 is 27.1. The van der Waals surface area contributed by atoms with Crippen LogP contribution in [0.25, 0.3) is 10.9 Å². The Labute approximate surface area is 125 Å². The van der Waals surface area contributed by atoms with Gasteiger partial charge in [0.1, 0.15) is 0 Å². The van der Waals surface area contributed by atoms with Crippen molar-refractivity contribution in [3.05, 3.63) is 30.5 Å². The quantitative estimate of drug-likeness (QED) is 0.850. The molecule has 0 fully saturated rings. The molecule has 1 aromatic heterocycles. The van der Waals surface area contributed by atoms with Crippen molar-refractivity contribution in [2.24, 2.45) is 5.41 Å². The zero-order chi connectivity index (χ0) is 15.7. The Kier molecular flexibility index (Phi) is 4.09. The monoisotopic (exact) mass is 307 g/mol. The molecule has 1 aromatic carbocycles. The summed E-state index contributed by atoms with van der Waals surface area (Å²) in [6.45, 7) is 6.06. The molecule has 0 unspecified atom stereocenters. The fourth-order valence-electron chi connectivity index (χ4n) is 1.94. The van der Waals surface area contributed by atoms with E-state index in [4.69, 9.17) is 5.73 Å². The molecule has 0 aliphatic heterocycles. The van der Waals surface area contributed by atoms with Crippen molar-refractivity contribution in [2.45, 2.75) is 27.2 Å². The summed E-state index contributed by atoms with van der Waals surface area (Å²) in [6.07, 6.45) is 2.23. The van der Waals surface area contributed by atoms with Gasteiger partial charge in [0, 0.05) is 11.6 Å². The van der Waals surface area contributed by atoms with E-state index in [0.29, 0.717) is 28.7 Å². The number of hydrogen-bond donors (Lipinski definition) is 2. The second-order valence-electron chi connectivity index (χ2n) is 6.33. The van der Waals surface area contributed by atoms with E-state index in [9.17, 15) is 8.42 Å². The van der Waals surface area contributed by atoms with Crippen molar-refractivity contribution >= 4 is 32.3 Å². The molecule has 0 saturated carbocycles. The lowest BCUT2D eigenvalue weighted by atomic mass is 9.94. The van der Waals surface area contributed by atoms with Gasteiger partial charge >= 0.3 is 0 Å². The normalized spacial score (nSPS) is 12.5. The molecule has 2 rings (SSSR count). The summed E-state index contributed by atoms with van der Waals surface area (Å²) in [5.41, 5.74) is 7.49. The predicted molar refractivity (Wildman–Crippen MR) is 87.6 cm³/mol. The van der Waals surface area contributed by atoms with E-state index in [1.807, 2.05) is 20.8 Å². The number of rotatable bonds is 4. The molecule has 0 bridgehead atoms. The maximum atomic E-state index is 12.2. The van der Waals surface area contributed by atoms with E-state index in [1.165, 1.54) is 0 Å². The Bertz CT molecular complexity index is 749. The van der Waals surface area contributed by atoms with E-state index in [0.717, 1.165) is 0 Å². The molecule has 114 valence electrons. The van der Waals surface area contributed by atoms with Crippen molar-refractivity contribution in [3.8, 4) is 0 Å². The summed E-state index contributed by atoms with van der Waals surface area (Å²) in [5.74, 6) is 0.0859. The third-order valence-corrected chi connectivity index (χ3v) is 4.46. The molecule has 21 heavy (non-hydrogen) atoms. The first-order valence-electron chi connectivity index (χ1n) is 6.82. The fourth-order valence-corrected chi connectivity index (χ4v) is 3.44. The zero-order valence-electron chi connectivity index (χ0n) is 12.6. The summed E-state index contributed by atoms with van der Waals surface area (Å²) >= 11 is 0. The van der Waals surface area contributed by atoms with E-state index >= 15 is 0 Å². The number of hydrogen-bond acceptors (Lipinski definition) is 4. The van der Waals surface area contributed by atoms with Gasteiger partial charge < -0.3 is 5.73 Å². The van der Waals surface area contributed by atoms with E-state index in [2.05, 4.69) is 9.71 Å². The Balaban J connectivity index is 2.30. The number of pyridine rings is 1. The van der Waals surface area contributed by atoms with Gasteiger partial charge in [0.25, 0.3) is 0 Å². The molecule has 0 spiro atoms. The minimum Gasteiger partial charge on any atom is -0.397 e. The van der Waals surface area contributed by atoms with Crippen LogP contribution in [0, 0.1) is 5.41 Å². The number of nitrogens with one attached hydrogen (secondary N) is 1. The molecule has 0 aliphatic carbocycles. The first kappa shape index (κ1) is 15.6. The maximum Gasteiger partial charge on any atom is 0.232 e. The average Bonchev–Trinajstić information content (AvgIpc) is 2.40. The molecule has 2 aromatic rings. The number of benzene rings is 1. The summed E-state index contributed by atoms with van der Waals surface area (Å²) in [4.78, 5) is 4.20. The van der Waals surface area contributed by atoms with Crippen LogP contribution in [-0.4, -0.2) is 19.2 Å². The first-order valence-corrected chi connectivity index (χ1v) is 8.47. The highest BCUT2D eigenvalue weighted by Gasteiger charge is 2.18. The topological polar surface area (TPSA) is 85.1 Å². The molecule has 0 aliphatic rings. The van der Waals surface area contributed by atoms with Crippen LogP contribution in [0.5, 0.6) is 0 Å². The molecule has 3 N–H and O–H groups in total. The highest BCUT2D eigenvalue weighted by atomic mass is 32.2. The van der Waals surface area contributed by atoms with Crippen molar-refractivity contribution in [1.29, 1.82) is 0 Å².